The molecule has 2 aromatic heterocycles. The van der Waals surface area contributed by atoms with Crippen LogP contribution < -0.4 is 20.3 Å². The number of hydrogen-bond donors (Lipinski definition) is 1. The average Bonchev–Trinajstić information content (AvgIpc) is 3.37. The largest absolute Gasteiger partial charge is 0.454 e. The van der Waals surface area contributed by atoms with Gasteiger partial charge >= 0.3 is 0 Å². The third kappa shape index (κ3) is 3.85. The molecule has 1 N–H and O–H groups in total. The molecule has 0 saturated carbocycles. The van der Waals surface area contributed by atoms with Gasteiger partial charge in [-0.1, -0.05) is 36.1 Å². The summed E-state index contributed by atoms with van der Waals surface area (Å²) in [5, 5.41) is 3.15. The molecule has 8 nitrogen and oxygen atoms in total. The molecule has 10 heteroatoms. The van der Waals surface area contributed by atoms with E-state index in [1.165, 1.54) is 21.1 Å². The number of thioether (sulfide) groups is 1. The van der Waals surface area contributed by atoms with Crippen LogP contribution in [0.1, 0.15) is 23.6 Å². The Balaban J connectivity index is 1.50. The van der Waals surface area contributed by atoms with Crippen LogP contribution in [0.3, 0.4) is 0 Å². The molecular weight excluding hydrogens is 460 g/mol. The maximum atomic E-state index is 13.3. The maximum Gasteiger partial charge on any atom is 0.267 e. The van der Waals surface area contributed by atoms with Crippen LogP contribution in [0.25, 0.3) is 11.7 Å². The van der Waals surface area contributed by atoms with Gasteiger partial charge in [-0.05, 0) is 49.2 Å². The van der Waals surface area contributed by atoms with Gasteiger partial charge in [0, 0.05) is 12.7 Å². The van der Waals surface area contributed by atoms with Crippen LogP contribution in [0.15, 0.2) is 46.2 Å². The molecule has 33 heavy (non-hydrogen) atoms. The zero-order chi connectivity index (χ0) is 23.1. The summed E-state index contributed by atoms with van der Waals surface area (Å²) in [5.74, 6) is 1.52. The molecule has 3 aromatic rings. The summed E-state index contributed by atoms with van der Waals surface area (Å²) in [6, 6.07) is 9.24. The van der Waals surface area contributed by atoms with Crippen molar-refractivity contribution in [3.05, 3.63) is 68.5 Å². The molecule has 0 bridgehead atoms. The zero-order valence-electron chi connectivity index (χ0n) is 18.0. The summed E-state index contributed by atoms with van der Waals surface area (Å²) < 4.78 is 12.7. The number of anilines is 1. The smallest absolute Gasteiger partial charge is 0.267 e. The molecule has 0 unspecified atom stereocenters. The Labute approximate surface area is 199 Å². The molecule has 1 amide bonds. The van der Waals surface area contributed by atoms with Gasteiger partial charge < -0.3 is 14.8 Å². The molecule has 0 aliphatic carbocycles. The number of rotatable bonds is 5. The van der Waals surface area contributed by atoms with E-state index in [0.717, 1.165) is 11.1 Å². The van der Waals surface area contributed by atoms with E-state index < -0.39 is 0 Å². The quantitative estimate of drug-likeness (QED) is 0.438. The minimum atomic E-state index is -0.251. The first-order valence-corrected chi connectivity index (χ1v) is 11.6. The van der Waals surface area contributed by atoms with Crippen molar-refractivity contribution in [1.29, 1.82) is 0 Å². The van der Waals surface area contributed by atoms with Gasteiger partial charge in [-0.25, -0.2) is 4.98 Å². The number of carbonyl (C=O) groups is 1. The summed E-state index contributed by atoms with van der Waals surface area (Å²) in [4.78, 5) is 33.0. The lowest BCUT2D eigenvalue weighted by Gasteiger charge is -2.14. The molecule has 168 valence electrons. The SMILES string of the molecule is CCNc1nc2c(C)cccn2c(=O)c1/C=C1/SC(=S)N(Cc2ccc3c(c2)OCO3)C1=O. The molecule has 1 fully saturated rings. The van der Waals surface area contributed by atoms with Crippen LogP contribution in [-0.2, 0) is 11.3 Å². The fourth-order valence-electron chi connectivity index (χ4n) is 3.73. The summed E-state index contributed by atoms with van der Waals surface area (Å²) in [7, 11) is 0. The van der Waals surface area contributed by atoms with Crippen molar-refractivity contribution in [3.8, 4) is 11.5 Å². The number of nitrogens with zero attached hydrogens (tertiary/aromatic N) is 3. The van der Waals surface area contributed by atoms with Gasteiger partial charge in [-0.2, -0.15) is 0 Å². The summed E-state index contributed by atoms with van der Waals surface area (Å²) >= 11 is 6.65. The average molecular weight is 481 g/mol. The Bertz CT molecular complexity index is 1400. The number of ether oxygens (including phenoxy) is 2. The predicted octanol–water partition coefficient (Wildman–Crippen LogP) is 3.56. The number of hydrogen-bond acceptors (Lipinski definition) is 8. The topological polar surface area (TPSA) is 85.2 Å². The van der Waals surface area contributed by atoms with Crippen LogP contribution in [0.2, 0.25) is 0 Å². The van der Waals surface area contributed by atoms with Gasteiger partial charge in [-0.3, -0.25) is 18.9 Å². The zero-order valence-corrected chi connectivity index (χ0v) is 19.6. The molecular formula is C23H20N4O4S2. The highest BCUT2D eigenvalue weighted by Gasteiger charge is 2.33. The minimum absolute atomic E-state index is 0.186. The molecule has 2 aliphatic rings. The van der Waals surface area contributed by atoms with Crippen molar-refractivity contribution in [2.24, 2.45) is 0 Å². The molecule has 1 aromatic carbocycles. The molecule has 1 saturated heterocycles. The second-order valence-electron chi connectivity index (χ2n) is 7.55. The number of nitrogens with one attached hydrogen (secondary N) is 1. The Kier molecular flexibility index (Phi) is 5.55. The highest BCUT2D eigenvalue weighted by molar-refractivity contribution is 8.26. The number of amides is 1. The second kappa shape index (κ2) is 8.53. The fraction of sp³-hybridized carbons (Fsp3) is 0.217. The van der Waals surface area contributed by atoms with Gasteiger partial charge in [0.1, 0.15) is 15.8 Å². The summed E-state index contributed by atoms with van der Waals surface area (Å²) in [6.07, 6.45) is 3.26. The van der Waals surface area contributed by atoms with E-state index in [-0.39, 0.29) is 18.3 Å². The van der Waals surface area contributed by atoms with E-state index >= 15 is 0 Å². The highest BCUT2D eigenvalue weighted by atomic mass is 32.2. The van der Waals surface area contributed by atoms with Crippen LogP contribution in [0.5, 0.6) is 11.5 Å². The first-order valence-electron chi connectivity index (χ1n) is 10.4. The van der Waals surface area contributed by atoms with Crippen LogP contribution in [-0.4, -0.2) is 37.8 Å². The van der Waals surface area contributed by atoms with Crippen molar-refractivity contribution in [3.63, 3.8) is 0 Å². The van der Waals surface area contributed by atoms with Gasteiger partial charge in [0.15, 0.2) is 11.5 Å². The molecule has 0 spiro atoms. The van der Waals surface area contributed by atoms with E-state index in [2.05, 4.69) is 10.3 Å². The van der Waals surface area contributed by atoms with E-state index in [9.17, 15) is 9.59 Å². The number of pyridine rings is 1. The van der Waals surface area contributed by atoms with Crippen molar-refractivity contribution >= 4 is 51.7 Å². The number of fused-ring (bicyclic) bond motifs is 2. The van der Waals surface area contributed by atoms with Crippen molar-refractivity contribution in [2.75, 3.05) is 18.7 Å². The number of benzene rings is 1. The first-order chi connectivity index (χ1) is 16.0. The van der Waals surface area contributed by atoms with Crippen molar-refractivity contribution < 1.29 is 14.3 Å². The lowest BCUT2D eigenvalue weighted by molar-refractivity contribution is -0.122. The highest BCUT2D eigenvalue weighted by Crippen LogP contribution is 2.36. The number of aryl methyl sites for hydroxylation is 1. The van der Waals surface area contributed by atoms with Crippen molar-refractivity contribution in [2.45, 2.75) is 20.4 Å². The van der Waals surface area contributed by atoms with Crippen LogP contribution in [0.4, 0.5) is 5.82 Å². The summed E-state index contributed by atoms with van der Waals surface area (Å²) in [6.45, 7) is 4.90. The Morgan fingerprint density at radius 3 is 2.88 bits per heavy atom. The number of aromatic nitrogens is 2. The normalized spacial score (nSPS) is 16.3. The standard InChI is InChI=1S/C23H20N4O4S2/c1-3-24-19-15(21(28)26-8-4-5-13(2)20(26)25-19)10-18-22(29)27(23(32)33-18)11-14-6-7-16-17(9-14)31-12-30-16/h4-10,24H,3,11-12H2,1-2H3/b18-10+. The van der Waals surface area contributed by atoms with Crippen molar-refractivity contribution in [1.82, 2.24) is 14.3 Å². The second-order valence-corrected chi connectivity index (χ2v) is 9.23. The monoisotopic (exact) mass is 480 g/mol. The lowest BCUT2D eigenvalue weighted by Crippen LogP contribution is -2.27. The first kappa shape index (κ1) is 21.5. The molecule has 0 atom stereocenters. The fourth-order valence-corrected chi connectivity index (χ4v) is 4.97. The van der Waals surface area contributed by atoms with Crippen LogP contribution in [0, 0.1) is 6.92 Å². The summed E-state index contributed by atoms with van der Waals surface area (Å²) in [5.41, 5.74) is 2.40. The van der Waals surface area contributed by atoms with E-state index in [1.807, 2.05) is 38.1 Å². The lowest BCUT2D eigenvalue weighted by atomic mass is 10.2. The van der Waals surface area contributed by atoms with Crippen LogP contribution >= 0.6 is 24.0 Å². The van der Waals surface area contributed by atoms with Gasteiger partial charge in [0.05, 0.1) is 17.0 Å². The Morgan fingerprint density at radius 1 is 1.24 bits per heavy atom. The minimum Gasteiger partial charge on any atom is -0.454 e. The Hall–Kier alpha value is -3.37. The number of carbonyl (C=O) groups excluding carboxylic acids is 1. The Morgan fingerprint density at radius 2 is 2.06 bits per heavy atom. The third-order valence-corrected chi connectivity index (χ3v) is 6.73. The van der Waals surface area contributed by atoms with Gasteiger partial charge in [-0.15, -0.1) is 0 Å². The molecule has 0 radical (unpaired) electrons. The predicted molar refractivity (Wildman–Crippen MR) is 132 cm³/mol. The molecule has 4 heterocycles. The van der Waals surface area contributed by atoms with E-state index in [1.54, 1.807) is 18.3 Å². The molecule has 5 rings (SSSR count). The molecule has 2 aliphatic heterocycles. The maximum absolute atomic E-state index is 13.3. The number of thiocarbonyl (C=S) groups is 1. The van der Waals surface area contributed by atoms with Gasteiger partial charge in [0.25, 0.3) is 11.5 Å². The third-order valence-electron chi connectivity index (χ3n) is 5.36. The van der Waals surface area contributed by atoms with E-state index in [4.69, 9.17) is 21.7 Å². The van der Waals surface area contributed by atoms with Gasteiger partial charge in [0.2, 0.25) is 6.79 Å². The van der Waals surface area contributed by atoms with E-state index in [0.29, 0.717) is 50.8 Å².